The minimum Gasteiger partial charge on any atom is -0.268 e. The van der Waals surface area contributed by atoms with Gasteiger partial charge in [-0.2, -0.15) is 0 Å². The second-order valence-electron chi connectivity index (χ2n) is 6.07. The molecule has 11 heteroatoms. The molecule has 0 radical (unpaired) electrons. The van der Waals surface area contributed by atoms with Crippen LogP contribution in [0.25, 0.3) is 10.9 Å². The molecule has 3 aromatic rings. The predicted octanol–water partition coefficient (Wildman–Crippen LogP) is 2.34. The molecule has 1 aromatic heterocycles. The molecule has 144 valence electrons. The van der Waals surface area contributed by atoms with Crippen LogP contribution in [0.15, 0.2) is 62.8 Å². The Bertz CT molecular complexity index is 1320. The Labute approximate surface area is 169 Å². The number of rotatable bonds is 2. The van der Waals surface area contributed by atoms with Crippen LogP contribution in [-0.2, 0) is 20.0 Å². The van der Waals surface area contributed by atoms with Crippen LogP contribution in [0.3, 0.4) is 0 Å². The number of sulfonamides is 2. The lowest BCUT2D eigenvalue weighted by Crippen LogP contribution is -2.45. The van der Waals surface area contributed by atoms with Crippen molar-refractivity contribution in [2.45, 2.75) is 16.7 Å². The molecule has 0 atom stereocenters. The zero-order valence-electron chi connectivity index (χ0n) is 14.2. The lowest BCUT2D eigenvalue weighted by atomic mass is 10.1. The summed E-state index contributed by atoms with van der Waals surface area (Å²) in [7, 11) is -8.88. The van der Waals surface area contributed by atoms with Gasteiger partial charge in [0, 0.05) is 19.4 Å². The van der Waals surface area contributed by atoms with Crippen molar-refractivity contribution in [3.05, 3.63) is 64.3 Å². The Morgan fingerprint density at radius 1 is 1.00 bits per heavy atom. The van der Waals surface area contributed by atoms with Crippen LogP contribution in [0.4, 0.5) is 0 Å². The van der Waals surface area contributed by atoms with E-state index in [1.807, 2.05) is 5.43 Å². The summed E-state index contributed by atoms with van der Waals surface area (Å²) < 4.78 is 51.4. The molecule has 0 saturated heterocycles. The number of hydrogen-bond acceptors (Lipinski definition) is 6. The van der Waals surface area contributed by atoms with Gasteiger partial charge in [-0.15, -0.1) is 0 Å². The number of pyridine rings is 1. The number of nitrogens with zero attached hydrogens (tertiary/aromatic N) is 2. The molecular formula is C17H12BrN3O5S2. The van der Waals surface area contributed by atoms with E-state index >= 15 is 0 Å². The molecule has 1 amide bonds. The molecule has 0 fully saturated rings. The summed E-state index contributed by atoms with van der Waals surface area (Å²) in [6.45, 7) is 1.68. The molecule has 0 saturated carbocycles. The van der Waals surface area contributed by atoms with Crippen molar-refractivity contribution < 1.29 is 21.6 Å². The van der Waals surface area contributed by atoms with E-state index in [2.05, 4.69) is 20.9 Å². The van der Waals surface area contributed by atoms with E-state index in [4.69, 9.17) is 0 Å². The third kappa shape index (κ3) is 2.82. The maximum Gasteiger partial charge on any atom is 0.275 e. The van der Waals surface area contributed by atoms with Crippen LogP contribution in [0.5, 0.6) is 0 Å². The second-order valence-corrected chi connectivity index (χ2v) is 10.7. The molecule has 1 aliphatic heterocycles. The zero-order valence-corrected chi connectivity index (χ0v) is 17.5. The van der Waals surface area contributed by atoms with Crippen molar-refractivity contribution in [3.63, 3.8) is 0 Å². The van der Waals surface area contributed by atoms with Crippen LogP contribution < -0.4 is 5.43 Å². The first-order valence-corrected chi connectivity index (χ1v) is 11.6. The number of hydrogen-bond donors (Lipinski definition) is 1. The number of fused-ring (bicyclic) bond motifs is 2. The van der Waals surface area contributed by atoms with E-state index in [1.165, 1.54) is 30.3 Å². The molecular weight excluding hydrogens is 470 g/mol. The summed E-state index contributed by atoms with van der Waals surface area (Å²) in [5.41, 5.74) is 3.18. The van der Waals surface area contributed by atoms with Gasteiger partial charge in [-0.1, -0.05) is 28.1 Å². The van der Waals surface area contributed by atoms with Crippen molar-refractivity contribution in [2.24, 2.45) is 0 Å². The van der Waals surface area contributed by atoms with Crippen LogP contribution in [0.2, 0.25) is 0 Å². The summed E-state index contributed by atoms with van der Waals surface area (Å²) in [6.07, 6.45) is 0. The highest BCUT2D eigenvalue weighted by Gasteiger charge is 2.48. The van der Waals surface area contributed by atoms with Gasteiger partial charge in [0.25, 0.3) is 26.0 Å². The third-order valence-electron chi connectivity index (χ3n) is 4.18. The summed E-state index contributed by atoms with van der Waals surface area (Å²) in [5, 5.41) is 0.448. The van der Waals surface area contributed by atoms with Crippen LogP contribution in [0.1, 0.15) is 16.1 Å². The van der Waals surface area contributed by atoms with Crippen molar-refractivity contribution >= 4 is 52.8 Å². The normalized spacial score (nSPS) is 17.4. The zero-order chi connectivity index (χ0) is 20.3. The van der Waals surface area contributed by atoms with Crippen LogP contribution in [0, 0.1) is 6.92 Å². The first kappa shape index (κ1) is 19.0. The number of amides is 1. The number of aromatic nitrogens is 1. The maximum atomic E-state index is 12.9. The monoisotopic (exact) mass is 481 g/mol. The number of carbonyl (C=O) groups excluding carboxylic acids is 1. The number of hydrazine groups is 1. The number of benzene rings is 2. The quantitative estimate of drug-likeness (QED) is 0.600. The maximum absolute atomic E-state index is 12.9. The van der Waals surface area contributed by atoms with Gasteiger partial charge < -0.3 is 0 Å². The standard InChI is InChI=1S/C17H12BrN3O5S2/c1-10-8-13(12-9-11(18)6-7-14(12)19-10)17(22)20-21-27(23,24)15-4-2-3-5-16(15)28(21,25)26/h2-9H,1H3,(H,20,22). The van der Waals surface area contributed by atoms with Gasteiger partial charge in [0.15, 0.2) is 0 Å². The average Bonchev–Trinajstić information content (AvgIpc) is 2.79. The van der Waals surface area contributed by atoms with Gasteiger partial charge in [0.05, 0.1) is 11.1 Å². The van der Waals surface area contributed by atoms with Crippen molar-refractivity contribution in [1.29, 1.82) is 0 Å². The summed E-state index contributed by atoms with van der Waals surface area (Å²) >= 11 is 3.32. The van der Waals surface area contributed by atoms with Gasteiger partial charge in [0.1, 0.15) is 9.79 Å². The van der Waals surface area contributed by atoms with Crippen molar-refractivity contribution in [2.75, 3.05) is 0 Å². The lowest BCUT2D eigenvalue weighted by molar-refractivity contribution is 0.0917. The fourth-order valence-corrected chi connectivity index (χ4v) is 7.38. The highest BCUT2D eigenvalue weighted by Crippen LogP contribution is 2.35. The SMILES string of the molecule is Cc1cc(C(=O)NN2S(=O)(=O)c3ccccc3S2(=O)=O)c2cc(Br)ccc2n1. The number of nitrogens with one attached hydrogen (secondary N) is 1. The van der Waals surface area contributed by atoms with E-state index in [0.29, 0.717) is 21.1 Å². The van der Waals surface area contributed by atoms with E-state index in [0.717, 1.165) is 0 Å². The summed E-state index contributed by atoms with van der Waals surface area (Å²) in [5.74, 6) is -0.881. The number of carbonyl (C=O) groups is 1. The van der Waals surface area contributed by atoms with Crippen molar-refractivity contribution in [1.82, 2.24) is 14.2 Å². The highest BCUT2D eigenvalue weighted by atomic mass is 79.9. The minimum atomic E-state index is -4.44. The highest BCUT2D eigenvalue weighted by molar-refractivity contribution is 9.10. The minimum absolute atomic E-state index is 0.0204. The Balaban J connectivity index is 1.82. The molecule has 1 aliphatic rings. The number of aryl methyl sites for hydroxylation is 1. The first-order chi connectivity index (χ1) is 13.1. The Kier molecular flexibility index (Phi) is 4.30. The molecule has 2 heterocycles. The molecule has 2 aromatic carbocycles. The molecule has 4 rings (SSSR count). The van der Waals surface area contributed by atoms with Crippen LogP contribution >= 0.6 is 15.9 Å². The molecule has 0 unspecified atom stereocenters. The van der Waals surface area contributed by atoms with Gasteiger partial charge in [-0.25, -0.2) is 16.8 Å². The smallest absolute Gasteiger partial charge is 0.268 e. The van der Waals surface area contributed by atoms with E-state index in [-0.39, 0.29) is 19.2 Å². The lowest BCUT2D eigenvalue weighted by Gasteiger charge is -2.16. The molecule has 28 heavy (non-hydrogen) atoms. The van der Waals surface area contributed by atoms with Crippen LogP contribution in [-0.4, -0.2) is 31.5 Å². The van der Waals surface area contributed by atoms with E-state index in [9.17, 15) is 21.6 Å². The van der Waals surface area contributed by atoms with Gasteiger partial charge in [-0.05, 0) is 43.3 Å². The molecule has 8 nitrogen and oxygen atoms in total. The third-order valence-corrected chi connectivity index (χ3v) is 8.86. The average molecular weight is 482 g/mol. The molecule has 0 spiro atoms. The summed E-state index contributed by atoms with van der Waals surface area (Å²) in [6, 6.07) is 11.7. The summed E-state index contributed by atoms with van der Waals surface area (Å²) in [4.78, 5) is 16.4. The predicted molar refractivity (Wildman–Crippen MR) is 104 cm³/mol. The molecule has 0 bridgehead atoms. The molecule has 1 N–H and O–H groups in total. The topological polar surface area (TPSA) is 114 Å². The van der Waals surface area contributed by atoms with E-state index in [1.54, 1.807) is 25.1 Å². The van der Waals surface area contributed by atoms with Crippen molar-refractivity contribution in [3.8, 4) is 0 Å². The molecule has 0 aliphatic carbocycles. The fourth-order valence-electron chi connectivity index (χ4n) is 2.97. The Hall–Kier alpha value is -2.34. The fraction of sp³-hybridized carbons (Fsp3) is 0.0588. The van der Waals surface area contributed by atoms with E-state index < -0.39 is 26.0 Å². The van der Waals surface area contributed by atoms with Gasteiger partial charge in [-0.3, -0.25) is 15.2 Å². The first-order valence-electron chi connectivity index (χ1n) is 7.90. The van der Waals surface area contributed by atoms with Gasteiger partial charge in [0.2, 0.25) is 0 Å². The Morgan fingerprint density at radius 3 is 2.21 bits per heavy atom. The van der Waals surface area contributed by atoms with Gasteiger partial charge >= 0.3 is 0 Å². The largest absolute Gasteiger partial charge is 0.275 e. The second kappa shape index (κ2) is 6.34. The number of halogens is 1. The Morgan fingerprint density at radius 2 is 1.61 bits per heavy atom.